The number of aromatic nitrogens is 1. The highest BCUT2D eigenvalue weighted by atomic mass is 16.4. The molecule has 1 fully saturated rings. The molecule has 0 saturated carbocycles. The highest BCUT2D eigenvalue weighted by Crippen LogP contribution is 2.22. The third-order valence-corrected chi connectivity index (χ3v) is 4.13. The molecule has 1 aliphatic rings. The molecule has 1 aromatic rings. The van der Waals surface area contributed by atoms with Crippen LogP contribution < -0.4 is 10.6 Å². The van der Waals surface area contributed by atoms with Crippen LogP contribution in [0.2, 0.25) is 0 Å². The van der Waals surface area contributed by atoms with Crippen LogP contribution in [0.25, 0.3) is 0 Å². The summed E-state index contributed by atoms with van der Waals surface area (Å²) in [5.74, 6) is 1.55. The molecule has 0 bridgehead atoms. The molecule has 0 aliphatic carbocycles. The van der Waals surface area contributed by atoms with Gasteiger partial charge in [-0.1, -0.05) is 5.16 Å². The summed E-state index contributed by atoms with van der Waals surface area (Å²) in [7, 11) is 4.19. The van der Waals surface area contributed by atoms with Crippen molar-refractivity contribution in [2.24, 2.45) is 16.8 Å². The first-order valence-electron chi connectivity index (χ1n) is 7.36. The Bertz CT molecular complexity index is 509. The normalized spacial score (nSPS) is 18.0. The van der Waals surface area contributed by atoms with Crippen LogP contribution in [-0.4, -0.2) is 54.7 Å². The van der Waals surface area contributed by atoms with E-state index in [0.29, 0.717) is 11.5 Å². The zero-order chi connectivity index (χ0) is 15.4. The van der Waals surface area contributed by atoms with E-state index < -0.39 is 0 Å². The Morgan fingerprint density at radius 2 is 2.14 bits per heavy atom. The largest absolute Gasteiger partial charge is 0.409 e. The highest BCUT2D eigenvalue weighted by Gasteiger charge is 2.20. The second kappa shape index (κ2) is 6.76. The summed E-state index contributed by atoms with van der Waals surface area (Å²) in [5.41, 5.74) is 7.37. The van der Waals surface area contributed by atoms with Gasteiger partial charge in [-0.15, -0.1) is 0 Å². The van der Waals surface area contributed by atoms with Crippen molar-refractivity contribution in [3.05, 3.63) is 23.4 Å². The van der Waals surface area contributed by atoms with E-state index in [1.54, 1.807) is 0 Å². The fourth-order valence-corrected chi connectivity index (χ4v) is 2.81. The maximum Gasteiger partial charge on any atom is 0.173 e. The number of likely N-dealkylation sites (tertiary alicyclic amines) is 1. The number of anilines is 1. The number of oxime groups is 1. The van der Waals surface area contributed by atoms with Crippen molar-refractivity contribution in [2.45, 2.75) is 19.8 Å². The van der Waals surface area contributed by atoms with Gasteiger partial charge >= 0.3 is 0 Å². The van der Waals surface area contributed by atoms with Gasteiger partial charge in [-0.3, -0.25) is 0 Å². The van der Waals surface area contributed by atoms with Crippen molar-refractivity contribution in [3.63, 3.8) is 0 Å². The van der Waals surface area contributed by atoms with Gasteiger partial charge in [0.1, 0.15) is 5.82 Å². The minimum Gasteiger partial charge on any atom is -0.409 e. The quantitative estimate of drug-likeness (QED) is 0.378. The Hall–Kier alpha value is -1.82. The van der Waals surface area contributed by atoms with E-state index in [1.807, 2.05) is 26.1 Å². The molecule has 6 heteroatoms. The maximum absolute atomic E-state index is 8.93. The summed E-state index contributed by atoms with van der Waals surface area (Å²) in [6, 6.07) is 3.73. The molecular formula is C15H25N5O. The van der Waals surface area contributed by atoms with Gasteiger partial charge in [0, 0.05) is 19.3 Å². The second-order valence-electron chi connectivity index (χ2n) is 5.94. The van der Waals surface area contributed by atoms with Crippen LogP contribution in [0.3, 0.4) is 0 Å². The van der Waals surface area contributed by atoms with E-state index in [-0.39, 0.29) is 5.84 Å². The molecule has 116 valence electrons. The topological polar surface area (TPSA) is 78.0 Å². The van der Waals surface area contributed by atoms with Gasteiger partial charge < -0.3 is 20.7 Å². The van der Waals surface area contributed by atoms with Crippen LogP contribution in [0.5, 0.6) is 0 Å². The second-order valence-corrected chi connectivity index (χ2v) is 5.94. The van der Waals surface area contributed by atoms with Crippen molar-refractivity contribution < 1.29 is 5.21 Å². The summed E-state index contributed by atoms with van der Waals surface area (Å²) >= 11 is 0. The van der Waals surface area contributed by atoms with Crippen molar-refractivity contribution in [1.29, 1.82) is 0 Å². The third-order valence-electron chi connectivity index (χ3n) is 4.13. The highest BCUT2D eigenvalue weighted by molar-refractivity contribution is 6.01. The Morgan fingerprint density at radius 3 is 2.76 bits per heavy atom. The first-order chi connectivity index (χ1) is 10.0. The van der Waals surface area contributed by atoms with Gasteiger partial charge in [0.05, 0.1) is 5.56 Å². The number of nitrogens with two attached hydrogens (primary N) is 1. The molecule has 2 rings (SSSR count). The predicted octanol–water partition coefficient (Wildman–Crippen LogP) is 1.26. The van der Waals surface area contributed by atoms with Crippen molar-refractivity contribution >= 4 is 11.7 Å². The molecule has 1 aliphatic heterocycles. The number of rotatable bonds is 4. The minimum atomic E-state index is 0.104. The summed E-state index contributed by atoms with van der Waals surface area (Å²) in [6.45, 7) is 5.18. The number of amidine groups is 1. The van der Waals surface area contributed by atoms with Crippen LogP contribution in [0.1, 0.15) is 24.1 Å². The third kappa shape index (κ3) is 3.85. The van der Waals surface area contributed by atoms with E-state index >= 15 is 0 Å². The molecular weight excluding hydrogens is 266 g/mol. The zero-order valence-electron chi connectivity index (χ0n) is 13.1. The standard InChI is InChI=1S/C15H25N5O/c1-11-4-5-13(14(16)18-21)15(17-11)20(3)10-12-6-8-19(2)9-7-12/h4-5,12,21H,6-10H2,1-3H3,(H2,16,18). The Morgan fingerprint density at radius 1 is 1.48 bits per heavy atom. The van der Waals surface area contributed by atoms with Gasteiger partial charge in [-0.2, -0.15) is 0 Å². The lowest BCUT2D eigenvalue weighted by atomic mass is 9.96. The molecule has 1 aromatic heterocycles. The zero-order valence-corrected chi connectivity index (χ0v) is 13.1. The predicted molar refractivity (Wildman–Crippen MR) is 85.0 cm³/mol. The molecule has 6 nitrogen and oxygen atoms in total. The first-order valence-corrected chi connectivity index (χ1v) is 7.36. The lowest BCUT2D eigenvalue weighted by Gasteiger charge is -2.32. The Labute approximate surface area is 126 Å². The maximum atomic E-state index is 8.93. The van der Waals surface area contributed by atoms with E-state index in [1.165, 1.54) is 12.8 Å². The fraction of sp³-hybridized carbons (Fsp3) is 0.600. The molecule has 0 atom stereocenters. The number of pyridine rings is 1. The summed E-state index contributed by atoms with van der Waals surface area (Å²) < 4.78 is 0. The van der Waals surface area contributed by atoms with E-state index in [0.717, 1.165) is 31.1 Å². The van der Waals surface area contributed by atoms with Crippen molar-refractivity contribution in [1.82, 2.24) is 9.88 Å². The smallest absolute Gasteiger partial charge is 0.173 e. The lowest BCUT2D eigenvalue weighted by molar-refractivity contribution is 0.222. The number of aryl methyl sites for hydroxylation is 1. The van der Waals surface area contributed by atoms with Gasteiger partial charge in [0.15, 0.2) is 5.84 Å². The van der Waals surface area contributed by atoms with E-state index in [4.69, 9.17) is 10.9 Å². The van der Waals surface area contributed by atoms with Gasteiger partial charge in [0.2, 0.25) is 0 Å². The van der Waals surface area contributed by atoms with Gasteiger partial charge in [-0.05, 0) is 58.0 Å². The lowest BCUT2D eigenvalue weighted by Crippen LogP contribution is -2.36. The number of nitrogens with zero attached hydrogens (tertiary/aromatic N) is 4. The Balaban J connectivity index is 2.14. The van der Waals surface area contributed by atoms with Crippen molar-refractivity contribution in [2.75, 3.05) is 38.6 Å². The van der Waals surface area contributed by atoms with E-state index in [2.05, 4.69) is 27.0 Å². The summed E-state index contributed by atoms with van der Waals surface area (Å²) in [5, 5.41) is 12.0. The first kappa shape index (κ1) is 15.6. The SMILES string of the molecule is Cc1ccc(C(N)=NO)c(N(C)CC2CCN(C)CC2)n1. The number of hydrogen-bond donors (Lipinski definition) is 2. The Kier molecular flexibility index (Phi) is 5.01. The molecule has 2 heterocycles. The van der Waals surface area contributed by atoms with Crippen LogP contribution in [-0.2, 0) is 0 Å². The van der Waals surface area contributed by atoms with E-state index in [9.17, 15) is 0 Å². The molecule has 0 unspecified atom stereocenters. The van der Waals surface area contributed by atoms with Crippen LogP contribution in [0.4, 0.5) is 5.82 Å². The molecule has 0 aromatic carbocycles. The number of piperidine rings is 1. The molecule has 0 spiro atoms. The fourth-order valence-electron chi connectivity index (χ4n) is 2.81. The number of hydrogen-bond acceptors (Lipinski definition) is 5. The van der Waals surface area contributed by atoms with Crippen molar-refractivity contribution in [3.8, 4) is 0 Å². The monoisotopic (exact) mass is 291 g/mol. The molecule has 21 heavy (non-hydrogen) atoms. The molecule has 3 N–H and O–H groups in total. The van der Waals surface area contributed by atoms with Gasteiger partial charge in [0.25, 0.3) is 0 Å². The average Bonchev–Trinajstić information content (AvgIpc) is 2.48. The summed E-state index contributed by atoms with van der Waals surface area (Å²) in [6.07, 6.45) is 2.40. The van der Waals surface area contributed by atoms with Crippen LogP contribution in [0.15, 0.2) is 17.3 Å². The molecule has 0 amide bonds. The van der Waals surface area contributed by atoms with Gasteiger partial charge in [-0.25, -0.2) is 4.98 Å². The van der Waals surface area contributed by atoms with Crippen LogP contribution in [0, 0.1) is 12.8 Å². The summed E-state index contributed by atoms with van der Waals surface area (Å²) in [4.78, 5) is 9.05. The average molecular weight is 291 g/mol. The molecule has 1 saturated heterocycles. The van der Waals surface area contributed by atoms with Crippen LogP contribution >= 0.6 is 0 Å². The molecule has 0 radical (unpaired) electrons. The minimum absolute atomic E-state index is 0.104.